The normalized spacial score (nSPS) is 25.6. The van der Waals surface area contributed by atoms with E-state index in [1.165, 1.54) is 37.8 Å². The third kappa shape index (κ3) is 2.78. The van der Waals surface area contributed by atoms with E-state index in [0.717, 1.165) is 25.1 Å². The van der Waals surface area contributed by atoms with Crippen molar-refractivity contribution in [3.63, 3.8) is 0 Å². The minimum atomic E-state index is 0.162. The predicted molar refractivity (Wildman–Crippen MR) is 84.0 cm³/mol. The van der Waals surface area contributed by atoms with Crippen molar-refractivity contribution < 1.29 is 4.74 Å². The Labute approximate surface area is 122 Å². The Kier molecular flexibility index (Phi) is 3.88. The summed E-state index contributed by atoms with van der Waals surface area (Å²) < 4.78 is 6.20. The molecule has 3 nitrogen and oxygen atoms in total. The fourth-order valence-electron chi connectivity index (χ4n) is 3.83. The number of nitrogen functional groups attached to an aromatic ring is 1. The molecule has 1 spiro atoms. The maximum atomic E-state index is 6.20. The van der Waals surface area contributed by atoms with E-state index >= 15 is 0 Å². The van der Waals surface area contributed by atoms with Gasteiger partial charge in [-0.3, -0.25) is 0 Å². The molecule has 0 bridgehead atoms. The van der Waals surface area contributed by atoms with Crippen LogP contribution in [0.25, 0.3) is 0 Å². The summed E-state index contributed by atoms with van der Waals surface area (Å²) in [6.07, 6.45) is 8.80. The smallest absolute Gasteiger partial charge is 0.0702 e. The number of ether oxygens (including phenoxy) is 1. The lowest BCUT2D eigenvalue weighted by molar-refractivity contribution is -0.105. The molecule has 1 heterocycles. The van der Waals surface area contributed by atoms with Crippen LogP contribution in [0.15, 0.2) is 24.3 Å². The predicted octanol–water partition coefficient (Wildman–Crippen LogP) is 3.59. The number of hydrogen-bond donors (Lipinski definition) is 1. The number of nitrogens with zero attached hydrogens (tertiary/aromatic N) is 1. The van der Waals surface area contributed by atoms with Gasteiger partial charge < -0.3 is 15.4 Å². The molecule has 20 heavy (non-hydrogen) atoms. The highest BCUT2D eigenvalue weighted by Crippen LogP contribution is 2.40. The molecule has 1 saturated heterocycles. The van der Waals surface area contributed by atoms with Gasteiger partial charge in [0, 0.05) is 31.1 Å². The first-order valence-corrected chi connectivity index (χ1v) is 7.91. The van der Waals surface area contributed by atoms with E-state index in [1.807, 2.05) is 12.1 Å². The topological polar surface area (TPSA) is 38.5 Å². The third-order valence-electron chi connectivity index (χ3n) is 5.06. The molecule has 0 aromatic heterocycles. The van der Waals surface area contributed by atoms with E-state index in [1.54, 1.807) is 0 Å². The van der Waals surface area contributed by atoms with Crippen LogP contribution in [0.2, 0.25) is 0 Å². The van der Waals surface area contributed by atoms with Crippen LogP contribution in [-0.2, 0) is 4.74 Å². The van der Waals surface area contributed by atoms with Crippen molar-refractivity contribution in [3.05, 3.63) is 24.3 Å². The zero-order chi connectivity index (χ0) is 14.0. The van der Waals surface area contributed by atoms with Gasteiger partial charge in [-0.1, -0.05) is 25.3 Å². The summed E-state index contributed by atoms with van der Waals surface area (Å²) in [6.45, 7) is 0.900. The van der Waals surface area contributed by atoms with Crippen LogP contribution >= 0.6 is 0 Å². The molecule has 1 unspecified atom stereocenters. The van der Waals surface area contributed by atoms with E-state index < -0.39 is 0 Å². The van der Waals surface area contributed by atoms with E-state index in [2.05, 4.69) is 24.1 Å². The van der Waals surface area contributed by atoms with Crippen LogP contribution in [0.4, 0.5) is 11.4 Å². The lowest BCUT2D eigenvalue weighted by Gasteiger charge is -2.46. The van der Waals surface area contributed by atoms with Gasteiger partial charge in [-0.15, -0.1) is 0 Å². The van der Waals surface area contributed by atoms with E-state index in [-0.39, 0.29) is 5.60 Å². The lowest BCUT2D eigenvalue weighted by Crippen LogP contribution is -2.48. The maximum absolute atomic E-state index is 6.20. The van der Waals surface area contributed by atoms with Crippen molar-refractivity contribution in [3.8, 4) is 0 Å². The highest BCUT2D eigenvalue weighted by molar-refractivity contribution is 5.56. The van der Waals surface area contributed by atoms with Gasteiger partial charge in [0.2, 0.25) is 0 Å². The molecule has 2 N–H and O–H groups in total. The maximum Gasteiger partial charge on any atom is 0.0702 e. The standard InChI is InChI=1S/C17H26N2O/c1-19(15-7-5-6-14(18)12-15)16-8-11-20-17(13-16)9-3-2-4-10-17/h5-7,12,16H,2-4,8-11,13,18H2,1H3. The van der Waals surface area contributed by atoms with Gasteiger partial charge in [0.05, 0.1) is 5.60 Å². The van der Waals surface area contributed by atoms with Crippen LogP contribution in [0, 0.1) is 0 Å². The molecule has 2 fully saturated rings. The molecule has 0 radical (unpaired) electrons. The second kappa shape index (κ2) is 5.65. The van der Waals surface area contributed by atoms with Gasteiger partial charge in [-0.05, 0) is 43.9 Å². The van der Waals surface area contributed by atoms with Crippen molar-refractivity contribution in [1.82, 2.24) is 0 Å². The Morgan fingerprint density at radius 2 is 2.05 bits per heavy atom. The molecule has 1 aliphatic carbocycles. The zero-order valence-corrected chi connectivity index (χ0v) is 12.5. The number of benzene rings is 1. The molecule has 110 valence electrons. The summed E-state index contributed by atoms with van der Waals surface area (Å²) in [5.41, 5.74) is 8.14. The SMILES string of the molecule is CN(c1cccc(N)c1)C1CCOC2(CCCCC2)C1. The largest absolute Gasteiger partial charge is 0.399 e. The lowest BCUT2D eigenvalue weighted by atomic mass is 9.78. The van der Waals surface area contributed by atoms with E-state index in [9.17, 15) is 0 Å². The Morgan fingerprint density at radius 1 is 1.25 bits per heavy atom. The molecular weight excluding hydrogens is 248 g/mol. The summed E-state index contributed by atoms with van der Waals surface area (Å²) in [7, 11) is 2.20. The molecule has 1 saturated carbocycles. The zero-order valence-electron chi connectivity index (χ0n) is 12.5. The van der Waals surface area contributed by atoms with Gasteiger partial charge in [0.15, 0.2) is 0 Å². The molecule has 2 aliphatic rings. The molecule has 1 aromatic rings. The van der Waals surface area contributed by atoms with Crippen molar-refractivity contribution >= 4 is 11.4 Å². The Bertz CT molecular complexity index is 449. The van der Waals surface area contributed by atoms with E-state index in [4.69, 9.17) is 10.5 Å². The minimum Gasteiger partial charge on any atom is -0.399 e. The first kappa shape index (κ1) is 13.7. The first-order chi connectivity index (χ1) is 9.69. The highest BCUT2D eigenvalue weighted by atomic mass is 16.5. The summed E-state index contributed by atoms with van der Waals surface area (Å²) in [4.78, 5) is 2.40. The third-order valence-corrected chi connectivity index (χ3v) is 5.06. The summed E-state index contributed by atoms with van der Waals surface area (Å²) >= 11 is 0. The Balaban J connectivity index is 1.73. The highest BCUT2D eigenvalue weighted by Gasteiger charge is 2.39. The summed E-state index contributed by atoms with van der Waals surface area (Å²) in [5.74, 6) is 0. The van der Waals surface area contributed by atoms with Crippen LogP contribution < -0.4 is 10.6 Å². The van der Waals surface area contributed by atoms with Crippen molar-refractivity contribution in [1.29, 1.82) is 0 Å². The van der Waals surface area contributed by atoms with Crippen LogP contribution in [0.1, 0.15) is 44.9 Å². The summed E-state index contributed by atoms with van der Waals surface area (Å²) in [6, 6.07) is 8.78. The van der Waals surface area contributed by atoms with Crippen LogP contribution in [0.3, 0.4) is 0 Å². The molecule has 0 amide bonds. The molecular formula is C17H26N2O. The molecule has 1 aliphatic heterocycles. The minimum absolute atomic E-state index is 0.162. The van der Waals surface area contributed by atoms with E-state index in [0.29, 0.717) is 6.04 Å². The van der Waals surface area contributed by atoms with Crippen molar-refractivity contribution in [2.75, 3.05) is 24.3 Å². The fourth-order valence-corrected chi connectivity index (χ4v) is 3.83. The van der Waals surface area contributed by atoms with Gasteiger partial charge in [0.1, 0.15) is 0 Å². The number of nitrogens with two attached hydrogens (primary N) is 1. The second-order valence-electron chi connectivity index (χ2n) is 6.44. The van der Waals surface area contributed by atoms with Crippen LogP contribution in [-0.4, -0.2) is 25.3 Å². The van der Waals surface area contributed by atoms with Crippen molar-refractivity contribution in [2.45, 2.75) is 56.6 Å². The molecule has 3 heteroatoms. The average Bonchev–Trinajstić information content (AvgIpc) is 2.47. The summed E-state index contributed by atoms with van der Waals surface area (Å²) in [5, 5.41) is 0. The Hall–Kier alpha value is -1.22. The van der Waals surface area contributed by atoms with Gasteiger partial charge in [-0.2, -0.15) is 0 Å². The van der Waals surface area contributed by atoms with Crippen molar-refractivity contribution in [2.24, 2.45) is 0 Å². The average molecular weight is 274 g/mol. The Morgan fingerprint density at radius 3 is 2.80 bits per heavy atom. The van der Waals surface area contributed by atoms with Crippen LogP contribution in [0.5, 0.6) is 0 Å². The monoisotopic (exact) mass is 274 g/mol. The first-order valence-electron chi connectivity index (χ1n) is 7.91. The number of hydrogen-bond acceptors (Lipinski definition) is 3. The number of anilines is 2. The molecule has 3 rings (SSSR count). The fraction of sp³-hybridized carbons (Fsp3) is 0.647. The van der Waals surface area contributed by atoms with Gasteiger partial charge >= 0.3 is 0 Å². The number of rotatable bonds is 2. The molecule has 1 aromatic carbocycles. The quantitative estimate of drug-likeness (QED) is 0.838. The van der Waals surface area contributed by atoms with Gasteiger partial charge in [-0.25, -0.2) is 0 Å². The molecule has 1 atom stereocenters. The second-order valence-corrected chi connectivity index (χ2v) is 6.44. The van der Waals surface area contributed by atoms with Gasteiger partial charge in [0.25, 0.3) is 0 Å².